The zero-order valence-electron chi connectivity index (χ0n) is 12.8. The van der Waals surface area contributed by atoms with Crippen LogP contribution in [0.15, 0.2) is 6.07 Å². The Labute approximate surface area is 140 Å². The molecule has 0 bridgehead atoms. The van der Waals surface area contributed by atoms with Crippen molar-refractivity contribution in [3.63, 3.8) is 0 Å². The minimum absolute atomic E-state index is 0.472. The molecular weight excluding hydrogens is 377 g/mol. The van der Waals surface area contributed by atoms with E-state index < -0.39 is 0 Å². The van der Waals surface area contributed by atoms with Gasteiger partial charge in [-0.05, 0) is 67.2 Å². The summed E-state index contributed by atoms with van der Waals surface area (Å²) in [4.78, 5) is 2.66. The van der Waals surface area contributed by atoms with Gasteiger partial charge in [0.05, 0.1) is 13.2 Å². The molecule has 0 N–H and O–H groups in total. The van der Waals surface area contributed by atoms with E-state index in [-0.39, 0.29) is 0 Å². The summed E-state index contributed by atoms with van der Waals surface area (Å²) in [5, 5.41) is 4.68. The summed E-state index contributed by atoms with van der Waals surface area (Å²) < 4.78 is 8.88. The van der Waals surface area contributed by atoms with Crippen LogP contribution in [0.2, 0.25) is 0 Å². The van der Waals surface area contributed by atoms with Gasteiger partial charge in [-0.1, -0.05) is 0 Å². The van der Waals surface area contributed by atoms with Crippen LogP contribution in [-0.2, 0) is 4.74 Å². The first-order chi connectivity index (χ1) is 10.1. The third-order valence-corrected chi connectivity index (χ3v) is 6.07. The largest absolute Gasteiger partial charge is 0.379 e. The Hall–Kier alpha value is -0.140. The molecule has 4 nitrogen and oxygen atoms in total. The summed E-state index contributed by atoms with van der Waals surface area (Å²) in [7, 11) is 0. The molecule has 0 aromatic carbocycles. The number of rotatable bonds is 3. The highest BCUT2D eigenvalue weighted by atomic mass is 127. The number of nitrogens with zero attached hydrogens (tertiary/aromatic N) is 3. The lowest BCUT2D eigenvalue weighted by Gasteiger charge is -2.33. The Morgan fingerprint density at radius 3 is 2.52 bits per heavy atom. The molecule has 0 unspecified atom stereocenters. The summed E-state index contributed by atoms with van der Waals surface area (Å²) in [6, 6.07) is 3.60. The van der Waals surface area contributed by atoms with Crippen LogP contribution in [0.4, 0.5) is 0 Å². The molecule has 21 heavy (non-hydrogen) atoms. The Morgan fingerprint density at radius 1 is 1.24 bits per heavy atom. The maximum Gasteiger partial charge on any atom is 0.123 e. The molecular formula is C16H24IN3O. The fourth-order valence-corrected chi connectivity index (χ4v) is 5.08. The molecule has 1 aromatic heterocycles. The van der Waals surface area contributed by atoms with Crippen molar-refractivity contribution in [2.45, 2.75) is 44.7 Å². The molecule has 3 aliphatic rings. The van der Waals surface area contributed by atoms with Gasteiger partial charge in [0.2, 0.25) is 0 Å². The molecule has 1 aliphatic heterocycles. The number of aromatic nitrogens is 2. The van der Waals surface area contributed by atoms with Crippen molar-refractivity contribution < 1.29 is 4.74 Å². The fourth-order valence-electron chi connectivity index (χ4n) is 4.53. The van der Waals surface area contributed by atoms with Gasteiger partial charge in [0, 0.05) is 36.8 Å². The van der Waals surface area contributed by atoms with Crippen LogP contribution in [0, 0.1) is 15.5 Å². The molecule has 2 aliphatic carbocycles. The van der Waals surface area contributed by atoms with Crippen LogP contribution >= 0.6 is 22.6 Å². The summed E-state index contributed by atoms with van der Waals surface area (Å²) in [5.41, 5.74) is 1.49. The first kappa shape index (κ1) is 14.5. The van der Waals surface area contributed by atoms with Crippen LogP contribution in [-0.4, -0.2) is 47.0 Å². The molecule has 0 spiro atoms. The minimum atomic E-state index is 0.472. The van der Waals surface area contributed by atoms with Gasteiger partial charge in [-0.3, -0.25) is 9.58 Å². The third-order valence-electron chi connectivity index (χ3n) is 5.55. The van der Waals surface area contributed by atoms with Crippen LogP contribution in [0.25, 0.3) is 0 Å². The van der Waals surface area contributed by atoms with Crippen molar-refractivity contribution in [2.24, 2.45) is 11.8 Å². The molecule has 1 aromatic rings. The smallest absolute Gasteiger partial charge is 0.123 e. The van der Waals surface area contributed by atoms with E-state index in [1.165, 1.54) is 18.5 Å². The maximum atomic E-state index is 5.48. The maximum absolute atomic E-state index is 5.48. The monoisotopic (exact) mass is 401 g/mol. The molecule has 0 amide bonds. The molecule has 2 heterocycles. The lowest BCUT2D eigenvalue weighted by Crippen LogP contribution is -2.43. The highest BCUT2D eigenvalue weighted by molar-refractivity contribution is 14.1. The van der Waals surface area contributed by atoms with Gasteiger partial charge < -0.3 is 4.74 Å². The molecule has 5 heteroatoms. The quantitative estimate of drug-likeness (QED) is 0.730. The van der Waals surface area contributed by atoms with Crippen LogP contribution in [0.1, 0.15) is 44.3 Å². The molecule has 0 radical (unpaired) electrons. The van der Waals surface area contributed by atoms with Crippen LogP contribution in [0.5, 0.6) is 0 Å². The predicted molar refractivity (Wildman–Crippen MR) is 90.5 cm³/mol. The SMILES string of the molecule is CC(C)n1nc(I)cc1[C@H]1[C@@H]2C[C@H](N3CCOCC3)C[C@@H]21. The highest BCUT2D eigenvalue weighted by Crippen LogP contribution is 2.64. The Bertz CT molecular complexity index is 512. The lowest BCUT2D eigenvalue weighted by molar-refractivity contribution is 0.0151. The van der Waals surface area contributed by atoms with Gasteiger partial charge in [0.1, 0.15) is 3.70 Å². The number of halogens is 1. The van der Waals surface area contributed by atoms with Crippen molar-refractivity contribution >= 4 is 22.6 Å². The van der Waals surface area contributed by atoms with E-state index in [0.29, 0.717) is 6.04 Å². The van der Waals surface area contributed by atoms with Crippen LogP contribution < -0.4 is 0 Å². The normalized spacial score (nSPS) is 36.2. The van der Waals surface area contributed by atoms with Crippen molar-refractivity contribution in [3.05, 3.63) is 15.5 Å². The first-order valence-corrected chi connectivity index (χ1v) is 9.29. The molecule has 2 saturated carbocycles. The van der Waals surface area contributed by atoms with Crippen molar-refractivity contribution in [3.8, 4) is 0 Å². The van der Waals surface area contributed by atoms with Crippen molar-refractivity contribution in [1.82, 2.24) is 14.7 Å². The molecule has 4 rings (SSSR count). The van der Waals surface area contributed by atoms with Crippen molar-refractivity contribution in [2.75, 3.05) is 26.3 Å². The van der Waals surface area contributed by atoms with Crippen LogP contribution in [0.3, 0.4) is 0 Å². The van der Waals surface area contributed by atoms with Crippen molar-refractivity contribution in [1.29, 1.82) is 0 Å². The lowest BCUT2D eigenvalue weighted by atomic mass is 10.0. The van der Waals surface area contributed by atoms with E-state index >= 15 is 0 Å². The third kappa shape index (κ3) is 2.55. The second-order valence-corrected chi connectivity index (χ2v) is 8.16. The number of hydrogen-bond donors (Lipinski definition) is 0. The first-order valence-electron chi connectivity index (χ1n) is 8.22. The number of fused-ring (bicyclic) bond motifs is 1. The molecule has 116 valence electrons. The zero-order valence-corrected chi connectivity index (χ0v) is 15.0. The Morgan fingerprint density at radius 2 is 1.90 bits per heavy atom. The van der Waals surface area contributed by atoms with E-state index in [1.807, 2.05) is 0 Å². The zero-order chi connectivity index (χ0) is 14.6. The van der Waals surface area contributed by atoms with E-state index in [9.17, 15) is 0 Å². The van der Waals surface area contributed by atoms with Gasteiger partial charge in [0.15, 0.2) is 0 Å². The average Bonchev–Trinajstić information content (AvgIpc) is 2.86. The number of morpholine rings is 1. The second kappa shape index (κ2) is 5.49. The van der Waals surface area contributed by atoms with E-state index in [0.717, 1.165) is 53.8 Å². The van der Waals surface area contributed by atoms with Gasteiger partial charge in [-0.25, -0.2) is 0 Å². The van der Waals surface area contributed by atoms with E-state index in [2.05, 4.69) is 57.2 Å². The topological polar surface area (TPSA) is 30.3 Å². The minimum Gasteiger partial charge on any atom is -0.379 e. The Balaban J connectivity index is 1.44. The van der Waals surface area contributed by atoms with E-state index in [4.69, 9.17) is 4.74 Å². The second-order valence-electron chi connectivity index (χ2n) is 7.06. The summed E-state index contributed by atoms with van der Waals surface area (Å²) in [5.74, 6) is 2.59. The standard InChI is InChI=1S/C16H24IN3O/c1-10(2)20-14(9-15(17)18-20)16-12-7-11(8-13(12)16)19-3-5-21-6-4-19/h9-13,16H,3-8H2,1-2H3/t11-,12+,13-,16-. The molecule has 1 saturated heterocycles. The highest BCUT2D eigenvalue weighted by Gasteiger charge is 2.58. The van der Waals surface area contributed by atoms with Gasteiger partial charge in [-0.15, -0.1) is 0 Å². The van der Waals surface area contributed by atoms with E-state index in [1.54, 1.807) is 0 Å². The fraction of sp³-hybridized carbons (Fsp3) is 0.812. The Kier molecular flexibility index (Phi) is 3.78. The molecule has 3 fully saturated rings. The summed E-state index contributed by atoms with van der Waals surface area (Å²) in [6.07, 6.45) is 2.77. The molecule has 4 atom stereocenters. The summed E-state index contributed by atoms with van der Waals surface area (Å²) in [6.45, 7) is 8.59. The number of ether oxygens (including phenoxy) is 1. The average molecular weight is 401 g/mol. The van der Waals surface area contributed by atoms with Gasteiger partial charge >= 0.3 is 0 Å². The predicted octanol–water partition coefficient (Wildman–Crippen LogP) is 2.89. The van der Waals surface area contributed by atoms with Gasteiger partial charge in [0.25, 0.3) is 0 Å². The van der Waals surface area contributed by atoms with Gasteiger partial charge in [-0.2, -0.15) is 5.10 Å². The summed E-state index contributed by atoms with van der Waals surface area (Å²) >= 11 is 2.35. The number of hydrogen-bond acceptors (Lipinski definition) is 3.